The monoisotopic (exact) mass is 379 g/mol. The molecule has 0 fully saturated rings. The average Bonchev–Trinajstić information content (AvgIpc) is 2.19. The summed E-state index contributed by atoms with van der Waals surface area (Å²) >= 11 is 0. The molecule has 4 nitrogen and oxygen atoms in total. The smallest absolute Gasteiger partial charge is 0.240 e. The van der Waals surface area contributed by atoms with Crippen LogP contribution in [-0.2, 0) is 4.52 Å². The number of rotatable bonds is 3. The molecule has 0 aromatic carbocycles. The summed E-state index contributed by atoms with van der Waals surface area (Å²) in [5, 5.41) is 0. The van der Waals surface area contributed by atoms with Gasteiger partial charge >= 0.3 is 37.1 Å². The van der Waals surface area contributed by atoms with Gasteiger partial charge in [-0.05, 0) is 4.66 Å². The molecule has 0 amide bonds. The third-order valence-corrected chi connectivity index (χ3v) is 6.64. The summed E-state index contributed by atoms with van der Waals surface area (Å²) in [5.41, 5.74) is 0. The standard InChI is InChI=1S/C3H2F10N3OP3/c4-2(5,6)1-3(7,8)17-20(13)14-18(11)15(9)19(12)16(20)10/h1H2. The van der Waals surface area contributed by atoms with Gasteiger partial charge < -0.3 is 0 Å². The summed E-state index contributed by atoms with van der Waals surface area (Å²) in [7, 11) is -14.9. The van der Waals surface area contributed by atoms with Gasteiger partial charge in [0.2, 0.25) is 0 Å². The number of halogens is 10. The van der Waals surface area contributed by atoms with Crippen LogP contribution < -0.4 is 0 Å². The van der Waals surface area contributed by atoms with Crippen molar-refractivity contribution >= 4 is 24.8 Å². The van der Waals surface area contributed by atoms with E-state index in [9.17, 15) is 43.5 Å². The van der Waals surface area contributed by atoms with Crippen LogP contribution in [-0.4, -0.2) is 21.6 Å². The molecule has 0 saturated carbocycles. The summed E-state index contributed by atoms with van der Waals surface area (Å²) in [4.78, 5) is 0. The van der Waals surface area contributed by atoms with Crippen molar-refractivity contribution in [2.45, 2.75) is 18.7 Å². The summed E-state index contributed by atoms with van der Waals surface area (Å²) in [6, 6.07) is 0. The topological polar surface area (TPSA) is 28.1 Å². The highest BCUT2D eigenvalue weighted by Gasteiger charge is 2.57. The van der Waals surface area contributed by atoms with Gasteiger partial charge in [0, 0.05) is 4.66 Å². The number of nitrogens with zero attached hydrogens (tertiary/aromatic N) is 3. The molecule has 120 valence electrons. The predicted molar refractivity (Wildman–Crippen MR) is 49.1 cm³/mol. The van der Waals surface area contributed by atoms with E-state index in [1.807, 2.05) is 4.52 Å². The van der Waals surface area contributed by atoms with Crippen molar-refractivity contribution in [3.8, 4) is 0 Å². The van der Waals surface area contributed by atoms with Gasteiger partial charge in [0.1, 0.15) is 6.42 Å². The van der Waals surface area contributed by atoms with Crippen molar-refractivity contribution in [2.75, 3.05) is 0 Å². The number of alkyl halides is 5. The van der Waals surface area contributed by atoms with Gasteiger partial charge in [-0.1, -0.05) is 0 Å². The Morgan fingerprint density at radius 1 is 1.10 bits per heavy atom. The van der Waals surface area contributed by atoms with Gasteiger partial charge in [-0.25, -0.2) is 4.52 Å². The van der Waals surface area contributed by atoms with Crippen molar-refractivity contribution in [3.63, 3.8) is 0 Å². The highest BCUT2D eigenvalue weighted by Crippen LogP contribution is 2.81. The van der Waals surface area contributed by atoms with Gasteiger partial charge in [0.15, 0.2) is 0 Å². The zero-order valence-corrected chi connectivity index (χ0v) is 11.3. The third kappa shape index (κ3) is 4.38. The third-order valence-electron chi connectivity index (χ3n) is 1.45. The Balaban J connectivity index is 3.02. The fourth-order valence-corrected chi connectivity index (χ4v) is 5.43. The summed E-state index contributed by atoms with van der Waals surface area (Å²) in [5.74, 6) is 0. The maximum atomic E-state index is 13.5. The Labute approximate surface area is 106 Å². The van der Waals surface area contributed by atoms with Crippen LogP contribution in [0.2, 0.25) is 0 Å². The molecule has 17 heteroatoms. The summed E-state index contributed by atoms with van der Waals surface area (Å²) in [6.07, 6.45) is -13.9. The number of hydrogen-bond acceptors (Lipinski definition) is 4. The van der Waals surface area contributed by atoms with E-state index in [4.69, 9.17) is 0 Å². The van der Waals surface area contributed by atoms with Crippen LogP contribution in [0.4, 0.5) is 43.5 Å². The normalized spacial score (nSPS) is 34.1. The highest BCUT2D eigenvalue weighted by atomic mass is 31.3. The highest BCUT2D eigenvalue weighted by molar-refractivity contribution is 7.77. The molecular weight excluding hydrogens is 377 g/mol. The van der Waals surface area contributed by atoms with E-state index in [0.29, 0.717) is 0 Å². The Morgan fingerprint density at radius 3 is 2.05 bits per heavy atom. The van der Waals surface area contributed by atoms with E-state index in [-0.39, 0.29) is 0 Å². The van der Waals surface area contributed by atoms with Crippen molar-refractivity contribution < 1.29 is 48.0 Å². The fourth-order valence-electron chi connectivity index (χ4n) is 0.857. The maximum Gasteiger partial charge on any atom is 0.397 e. The molecule has 0 aromatic rings. The minimum atomic E-state index is -6.24. The molecule has 0 saturated heterocycles. The van der Waals surface area contributed by atoms with E-state index < -0.39 is 52.8 Å². The first kappa shape index (κ1) is 18.3. The molecule has 1 heterocycles. The van der Waals surface area contributed by atoms with E-state index in [2.05, 4.69) is 4.52 Å². The zero-order valence-electron chi connectivity index (χ0n) is 8.58. The lowest BCUT2D eigenvalue weighted by molar-refractivity contribution is -0.256. The Hall–Kier alpha value is 0.270. The lowest BCUT2D eigenvalue weighted by atomic mass is 10.4. The SMILES string of the molecule is FN1P(F)N=P(F)(OC(F)(F)CC(F)(F)F)N(F)P1F. The first-order valence-corrected chi connectivity index (χ1v) is 7.86. The van der Waals surface area contributed by atoms with Gasteiger partial charge in [0.25, 0.3) is 0 Å². The maximum absolute atomic E-state index is 13.5. The van der Waals surface area contributed by atoms with Gasteiger partial charge in [-0.15, -0.1) is 8.96 Å². The average molecular weight is 379 g/mol. The Bertz CT molecular complexity index is 416. The second kappa shape index (κ2) is 5.81. The van der Waals surface area contributed by atoms with Crippen LogP contribution in [0.5, 0.6) is 0 Å². The molecule has 1 aliphatic rings. The second-order valence-electron chi connectivity index (χ2n) is 3.05. The molecule has 3 atom stereocenters. The molecule has 0 radical (unpaired) electrons. The molecule has 1 rings (SSSR count). The minimum Gasteiger partial charge on any atom is -0.240 e. The quantitative estimate of drug-likeness (QED) is 0.330. The van der Waals surface area contributed by atoms with E-state index in [1.165, 1.54) is 0 Å². The van der Waals surface area contributed by atoms with Crippen LogP contribution in [0.3, 0.4) is 0 Å². The van der Waals surface area contributed by atoms with Gasteiger partial charge in [0.05, 0.1) is 0 Å². The van der Waals surface area contributed by atoms with Crippen LogP contribution in [0.15, 0.2) is 4.52 Å². The lowest BCUT2D eigenvalue weighted by Gasteiger charge is -2.32. The first-order chi connectivity index (χ1) is 8.77. The zero-order chi connectivity index (χ0) is 15.9. The second-order valence-corrected chi connectivity index (χ2v) is 7.89. The Kier molecular flexibility index (Phi) is 5.32. The van der Waals surface area contributed by atoms with Gasteiger partial charge in [-0.2, -0.15) is 39.1 Å². The summed E-state index contributed by atoms with van der Waals surface area (Å²) in [6.45, 7) is 0. The molecule has 0 bridgehead atoms. The van der Waals surface area contributed by atoms with Crippen molar-refractivity contribution in [2.24, 2.45) is 4.52 Å². The van der Waals surface area contributed by atoms with Crippen LogP contribution in [0.1, 0.15) is 6.42 Å². The molecule has 20 heavy (non-hydrogen) atoms. The molecule has 0 aliphatic carbocycles. The van der Waals surface area contributed by atoms with Gasteiger partial charge in [-0.3, -0.25) is 0 Å². The van der Waals surface area contributed by atoms with E-state index >= 15 is 0 Å². The molecule has 0 spiro atoms. The molecule has 0 aromatic heterocycles. The van der Waals surface area contributed by atoms with Crippen LogP contribution >= 0.6 is 24.8 Å². The van der Waals surface area contributed by atoms with Crippen molar-refractivity contribution in [1.29, 1.82) is 0 Å². The van der Waals surface area contributed by atoms with Crippen LogP contribution in [0, 0.1) is 0 Å². The molecule has 1 aliphatic heterocycles. The molecular formula is C3H2F10N3OP3. The first-order valence-electron chi connectivity index (χ1n) is 4.08. The predicted octanol–water partition coefficient (Wildman–Crippen LogP) is 6.24. The Morgan fingerprint density at radius 2 is 1.60 bits per heavy atom. The van der Waals surface area contributed by atoms with Crippen molar-refractivity contribution in [3.05, 3.63) is 0 Å². The largest absolute Gasteiger partial charge is 0.397 e. The lowest BCUT2D eigenvalue weighted by Crippen LogP contribution is -2.29. The van der Waals surface area contributed by atoms with Crippen LogP contribution in [0.25, 0.3) is 0 Å². The number of hydrogen-bond donors (Lipinski definition) is 0. The van der Waals surface area contributed by atoms with Crippen molar-refractivity contribution in [1.82, 2.24) is 9.33 Å². The van der Waals surface area contributed by atoms with E-state index in [0.717, 1.165) is 0 Å². The molecule has 0 N–H and O–H groups in total. The summed E-state index contributed by atoms with van der Waals surface area (Å²) < 4.78 is 126. The molecule has 3 unspecified atom stereocenters. The van der Waals surface area contributed by atoms with E-state index in [1.54, 1.807) is 0 Å². The fraction of sp³-hybridized carbons (Fsp3) is 1.00. The minimum absolute atomic E-state index is 1.51.